The Bertz CT molecular complexity index is 581. The van der Waals surface area contributed by atoms with Gasteiger partial charge in [0.15, 0.2) is 5.78 Å². The first-order chi connectivity index (χ1) is 6.93. The second-order valence-electron chi connectivity index (χ2n) is 3.28. The third-order valence-electron chi connectivity index (χ3n) is 2.23. The molecule has 0 bridgehead atoms. The molecule has 0 atom stereocenters. The van der Waals surface area contributed by atoms with Gasteiger partial charge in [-0.25, -0.2) is 8.42 Å². The van der Waals surface area contributed by atoms with Gasteiger partial charge in [-0.3, -0.25) is 4.79 Å². The summed E-state index contributed by atoms with van der Waals surface area (Å²) < 4.78 is 23.2. The molecule has 0 radical (unpaired) electrons. The number of hydrogen-bond acceptors (Lipinski definition) is 4. The van der Waals surface area contributed by atoms with Crippen LogP contribution < -0.4 is 0 Å². The third-order valence-corrected chi connectivity index (χ3v) is 3.73. The number of sulfone groups is 1. The largest absolute Gasteiger partial charge is 0.507 e. The van der Waals surface area contributed by atoms with E-state index in [0.717, 1.165) is 5.41 Å². The summed E-state index contributed by atoms with van der Waals surface area (Å²) in [5, 5.41) is 10.4. The molecular formula is C10H8O4S. The van der Waals surface area contributed by atoms with Crippen LogP contribution in [0, 0.1) is 0 Å². The number of benzene rings is 1. The van der Waals surface area contributed by atoms with Gasteiger partial charge in [-0.1, -0.05) is 6.07 Å². The zero-order chi connectivity index (χ0) is 11.2. The highest BCUT2D eigenvalue weighted by Crippen LogP contribution is 2.39. The first-order valence-corrected chi connectivity index (χ1v) is 5.78. The molecule has 4 nitrogen and oxygen atoms in total. The summed E-state index contributed by atoms with van der Waals surface area (Å²) in [7, 11) is -3.57. The molecule has 1 aromatic carbocycles. The van der Waals surface area contributed by atoms with Gasteiger partial charge in [-0.05, 0) is 19.1 Å². The lowest BCUT2D eigenvalue weighted by Crippen LogP contribution is -1.94. The topological polar surface area (TPSA) is 71.4 Å². The van der Waals surface area contributed by atoms with Crippen LogP contribution in [0.1, 0.15) is 12.5 Å². The maximum atomic E-state index is 11.6. The molecule has 0 unspecified atom stereocenters. The fourth-order valence-corrected chi connectivity index (χ4v) is 3.05. The number of ketones is 1. The van der Waals surface area contributed by atoms with Crippen LogP contribution in [0.3, 0.4) is 0 Å². The molecule has 5 heteroatoms. The normalized spacial score (nSPS) is 17.0. The Morgan fingerprint density at radius 2 is 2.00 bits per heavy atom. The molecule has 1 aliphatic heterocycles. The fraction of sp³-hybridized carbons (Fsp3) is 0.100. The van der Waals surface area contributed by atoms with Gasteiger partial charge >= 0.3 is 0 Å². The number of phenolic OH excluding ortho intramolecular Hbond substituents is 1. The highest BCUT2D eigenvalue weighted by atomic mass is 32.2. The van der Waals surface area contributed by atoms with Crippen molar-refractivity contribution in [2.45, 2.75) is 11.8 Å². The Morgan fingerprint density at radius 1 is 1.33 bits per heavy atom. The second-order valence-corrected chi connectivity index (χ2v) is 5.05. The summed E-state index contributed by atoms with van der Waals surface area (Å²) in [5.41, 5.74) is 0.160. The van der Waals surface area contributed by atoms with Gasteiger partial charge in [0.1, 0.15) is 5.75 Å². The Labute approximate surface area is 86.8 Å². The van der Waals surface area contributed by atoms with E-state index in [1.807, 2.05) is 0 Å². The van der Waals surface area contributed by atoms with E-state index in [9.17, 15) is 18.3 Å². The monoisotopic (exact) mass is 224 g/mol. The number of carbonyl (C=O) groups excluding carboxylic acids is 1. The molecule has 0 aliphatic carbocycles. The minimum absolute atomic E-state index is 0.00676. The number of aromatic hydroxyl groups is 1. The highest BCUT2D eigenvalue weighted by Gasteiger charge is 2.31. The summed E-state index contributed by atoms with van der Waals surface area (Å²) in [6.45, 7) is 1.27. The molecule has 0 spiro atoms. The van der Waals surface area contributed by atoms with Crippen molar-refractivity contribution < 1.29 is 18.3 Å². The first kappa shape index (κ1) is 9.92. The van der Waals surface area contributed by atoms with Crippen LogP contribution >= 0.6 is 0 Å². The van der Waals surface area contributed by atoms with Gasteiger partial charge in [0.2, 0.25) is 9.84 Å². The van der Waals surface area contributed by atoms with Gasteiger partial charge in [-0.2, -0.15) is 0 Å². The molecule has 0 aromatic heterocycles. The molecule has 1 aliphatic rings. The number of carbonyl (C=O) groups is 1. The minimum atomic E-state index is -3.57. The van der Waals surface area contributed by atoms with Crippen LogP contribution in [0.15, 0.2) is 28.5 Å². The second kappa shape index (κ2) is 2.93. The maximum Gasteiger partial charge on any atom is 0.201 e. The number of Topliss-reactive ketones (excluding diaryl/α,β-unsaturated/α-hetero) is 1. The average Bonchev–Trinajstić information content (AvgIpc) is 2.40. The number of phenols is 1. The number of fused-ring (bicyclic) bond motifs is 1. The van der Waals surface area contributed by atoms with Gasteiger partial charge in [0.25, 0.3) is 0 Å². The van der Waals surface area contributed by atoms with E-state index in [0.29, 0.717) is 0 Å². The van der Waals surface area contributed by atoms with Crippen molar-refractivity contribution >= 4 is 21.2 Å². The predicted molar refractivity (Wildman–Crippen MR) is 54.0 cm³/mol. The lowest BCUT2D eigenvalue weighted by molar-refractivity contribution is -0.111. The summed E-state index contributed by atoms with van der Waals surface area (Å²) in [4.78, 5) is 11.2. The molecule has 0 fully saturated rings. The van der Waals surface area contributed by atoms with E-state index in [1.165, 1.54) is 25.1 Å². The molecule has 1 heterocycles. The predicted octanol–water partition coefficient (Wildman–Crippen LogP) is 1.11. The van der Waals surface area contributed by atoms with Crippen molar-refractivity contribution in [3.63, 3.8) is 0 Å². The molecule has 0 saturated heterocycles. The van der Waals surface area contributed by atoms with Crippen molar-refractivity contribution in [1.29, 1.82) is 0 Å². The van der Waals surface area contributed by atoms with E-state index in [1.54, 1.807) is 0 Å². The van der Waals surface area contributed by atoms with E-state index in [4.69, 9.17) is 0 Å². The van der Waals surface area contributed by atoms with E-state index < -0.39 is 9.84 Å². The zero-order valence-corrected chi connectivity index (χ0v) is 8.71. The molecule has 78 valence electrons. The van der Waals surface area contributed by atoms with Crippen LogP contribution in [0.2, 0.25) is 0 Å². The first-order valence-electron chi connectivity index (χ1n) is 4.23. The summed E-state index contributed by atoms with van der Waals surface area (Å²) in [6.07, 6.45) is 0. The summed E-state index contributed by atoms with van der Waals surface area (Å²) in [6, 6.07) is 4.16. The minimum Gasteiger partial charge on any atom is -0.507 e. The molecular weight excluding hydrogens is 216 g/mol. The van der Waals surface area contributed by atoms with Crippen molar-refractivity contribution in [3.05, 3.63) is 29.2 Å². The molecule has 0 saturated carbocycles. The van der Waals surface area contributed by atoms with Crippen molar-refractivity contribution in [1.82, 2.24) is 0 Å². The number of allylic oxidation sites excluding steroid dienone is 1. The van der Waals surface area contributed by atoms with Gasteiger partial charge < -0.3 is 5.11 Å². The quantitative estimate of drug-likeness (QED) is 0.775. The Balaban J connectivity index is 2.86. The van der Waals surface area contributed by atoms with Crippen LogP contribution in [0.25, 0.3) is 5.57 Å². The van der Waals surface area contributed by atoms with E-state index in [2.05, 4.69) is 0 Å². The van der Waals surface area contributed by atoms with Gasteiger partial charge in [0.05, 0.1) is 4.90 Å². The SMILES string of the molecule is CC(=O)C1=CS(=O)(=O)c2cccc(O)c21. The fourth-order valence-electron chi connectivity index (χ4n) is 1.56. The van der Waals surface area contributed by atoms with Crippen LogP contribution in [-0.4, -0.2) is 19.3 Å². The van der Waals surface area contributed by atoms with Crippen molar-refractivity contribution in [2.24, 2.45) is 0 Å². The van der Waals surface area contributed by atoms with Crippen LogP contribution in [0.4, 0.5) is 0 Å². The molecule has 15 heavy (non-hydrogen) atoms. The number of hydrogen-bond donors (Lipinski definition) is 1. The van der Waals surface area contributed by atoms with Crippen LogP contribution in [0.5, 0.6) is 5.75 Å². The maximum absolute atomic E-state index is 11.6. The summed E-state index contributed by atoms with van der Waals surface area (Å²) in [5.74, 6) is -0.561. The standard InChI is InChI=1S/C10H8O4S/c1-6(11)7-5-15(13,14)9-4-2-3-8(12)10(7)9/h2-5,12H,1H3. The van der Waals surface area contributed by atoms with E-state index in [-0.39, 0.29) is 27.6 Å². The van der Waals surface area contributed by atoms with Gasteiger partial charge in [-0.15, -0.1) is 0 Å². The Hall–Kier alpha value is -1.62. The van der Waals surface area contributed by atoms with Gasteiger partial charge in [0, 0.05) is 16.5 Å². The van der Waals surface area contributed by atoms with Crippen LogP contribution in [-0.2, 0) is 14.6 Å². The molecule has 1 aromatic rings. The van der Waals surface area contributed by atoms with Crippen molar-refractivity contribution in [3.8, 4) is 5.75 Å². The highest BCUT2D eigenvalue weighted by molar-refractivity contribution is 7.95. The summed E-state index contributed by atoms with van der Waals surface area (Å²) >= 11 is 0. The van der Waals surface area contributed by atoms with Crippen molar-refractivity contribution in [2.75, 3.05) is 0 Å². The van der Waals surface area contributed by atoms with E-state index >= 15 is 0 Å². The lowest BCUT2D eigenvalue weighted by Gasteiger charge is -2.03. The Kier molecular flexibility index (Phi) is 1.94. The molecule has 2 rings (SSSR count). The third kappa shape index (κ3) is 1.35. The average molecular weight is 224 g/mol. The molecule has 1 N–H and O–H groups in total. The Morgan fingerprint density at radius 3 is 2.60 bits per heavy atom. The zero-order valence-electron chi connectivity index (χ0n) is 7.89. The molecule has 0 amide bonds. The smallest absolute Gasteiger partial charge is 0.201 e. The lowest BCUT2D eigenvalue weighted by atomic mass is 10.0. The number of rotatable bonds is 1.